The Bertz CT molecular complexity index is 842. The molecular formula is C19H17N3O3. The number of para-hydroxylation sites is 2. The van der Waals surface area contributed by atoms with Crippen molar-refractivity contribution in [3.05, 3.63) is 59.7 Å². The highest BCUT2D eigenvalue weighted by Gasteiger charge is 2.24. The highest BCUT2D eigenvalue weighted by Crippen LogP contribution is 2.30. The van der Waals surface area contributed by atoms with Gasteiger partial charge in [-0.15, -0.1) is 0 Å². The number of nitriles is 1. The molecule has 0 saturated carbocycles. The van der Waals surface area contributed by atoms with E-state index in [4.69, 9.17) is 10.00 Å². The van der Waals surface area contributed by atoms with Crippen molar-refractivity contribution in [3.8, 4) is 11.8 Å². The molecule has 2 aromatic carbocycles. The van der Waals surface area contributed by atoms with E-state index in [1.165, 1.54) is 4.90 Å². The highest BCUT2D eigenvalue weighted by atomic mass is 16.5. The third-order valence-corrected chi connectivity index (χ3v) is 3.88. The minimum absolute atomic E-state index is 0.0723. The van der Waals surface area contributed by atoms with Crippen molar-refractivity contribution in [3.63, 3.8) is 0 Å². The SMILES string of the molecule is N#Cc1cccc(CNC(=O)CN2C(=O)CCOc3ccccc32)c1. The van der Waals surface area contributed by atoms with E-state index in [2.05, 4.69) is 11.4 Å². The third-order valence-electron chi connectivity index (χ3n) is 3.88. The van der Waals surface area contributed by atoms with Gasteiger partial charge in [-0.25, -0.2) is 0 Å². The molecule has 0 unspecified atom stereocenters. The van der Waals surface area contributed by atoms with Gasteiger partial charge in [0.2, 0.25) is 11.8 Å². The zero-order valence-electron chi connectivity index (χ0n) is 13.6. The molecule has 1 heterocycles. The van der Waals surface area contributed by atoms with E-state index < -0.39 is 0 Å². The fourth-order valence-electron chi connectivity index (χ4n) is 2.64. The monoisotopic (exact) mass is 335 g/mol. The van der Waals surface area contributed by atoms with Crippen molar-refractivity contribution in [2.75, 3.05) is 18.1 Å². The van der Waals surface area contributed by atoms with Crippen LogP contribution in [0.5, 0.6) is 5.75 Å². The van der Waals surface area contributed by atoms with Crippen molar-refractivity contribution in [2.45, 2.75) is 13.0 Å². The summed E-state index contributed by atoms with van der Waals surface area (Å²) < 4.78 is 5.56. The number of carbonyl (C=O) groups excluding carboxylic acids is 2. The molecule has 0 aliphatic carbocycles. The first-order valence-electron chi connectivity index (χ1n) is 7.95. The number of benzene rings is 2. The van der Waals surface area contributed by atoms with E-state index in [1.807, 2.05) is 12.1 Å². The number of hydrogen-bond acceptors (Lipinski definition) is 4. The summed E-state index contributed by atoms with van der Waals surface area (Å²) in [6, 6.07) is 16.3. The Morgan fingerprint density at radius 3 is 2.92 bits per heavy atom. The summed E-state index contributed by atoms with van der Waals surface area (Å²) in [5, 5.41) is 11.7. The lowest BCUT2D eigenvalue weighted by molar-refractivity contribution is -0.124. The Hall–Kier alpha value is -3.33. The minimum Gasteiger partial charge on any atom is -0.491 e. The molecule has 0 radical (unpaired) electrons. The molecule has 6 nitrogen and oxygen atoms in total. The second-order valence-electron chi connectivity index (χ2n) is 5.63. The van der Waals surface area contributed by atoms with E-state index in [9.17, 15) is 9.59 Å². The molecule has 1 aliphatic rings. The maximum Gasteiger partial charge on any atom is 0.240 e. The standard InChI is InChI=1S/C19H17N3O3/c20-11-14-4-3-5-15(10-14)12-21-18(23)13-22-16-6-1-2-7-17(16)25-9-8-19(22)24/h1-7,10H,8-9,12-13H2,(H,21,23). The molecule has 0 atom stereocenters. The number of rotatable bonds is 4. The molecule has 0 fully saturated rings. The highest BCUT2D eigenvalue weighted by molar-refractivity contribution is 6.00. The van der Waals surface area contributed by atoms with Gasteiger partial charge in [0, 0.05) is 6.54 Å². The summed E-state index contributed by atoms with van der Waals surface area (Å²) in [5.41, 5.74) is 1.98. The molecule has 0 aromatic heterocycles. The van der Waals surface area contributed by atoms with Gasteiger partial charge >= 0.3 is 0 Å². The van der Waals surface area contributed by atoms with Crippen LogP contribution in [0.1, 0.15) is 17.5 Å². The van der Waals surface area contributed by atoms with Gasteiger partial charge in [-0.3, -0.25) is 14.5 Å². The van der Waals surface area contributed by atoms with E-state index in [-0.39, 0.29) is 24.8 Å². The average molecular weight is 335 g/mol. The number of nitrogens with zero attached hydrogens (tertiary/aromatic N) is 2. The number of nitrogens with one attached hydrogen (secondary N) is 1. The maximum atomic E-state index is 12.3. The van der Waals surface area contributed by atoms with Crippen molar-refractivity contribution >= 4 is 17.5 Å². The number of anilines is 1. The number of carbonyl (C=O) groups is 2. The summed E-state index contributed by atoms with van der Waals surface area (Å²) in [4.78, 5) is 26.0. The van der Waals surface area contributed by atoms with Crippen LogP contribution in [0.2, 0.25) is 0 Å². The smallest absolute Gasteiger partial charge is 0.240 e. The Morgan fingerprint density at radius 1 is 1.24 bits per heavy atom. The maximum absolute atomic E-state index is 12.3. The molecule has 25 heavy (non-hydrogen) atoms. The number of fused-ring (bicyclic) bond motifs is 1. The second-order valence-corrected chi connectivity index (χ2v) is 5.63. The molecule has 0 spiro atoms. The van der Waals surface area contributed by atoms with Crippen molar-refractivity contribution in [1.29, 1.82) is 5.26 Å². The van der Waals surface area contributed by atoms with Crippen molar-refractivity contribution in [2.24, 2.45) is 0 Å². The molecule has 2 aromatic rings. The molecule has 3 rings (SSSR count). The van der Waals surface area contributed by atoms with Gasteiger partial charge in [0.15, 0.2) is 0 Å². The molecular weight excluding hydrogens is 318 g/mol. The van der Waals surface area contributed by atoms with E-state index in [0.29, 0.717) is 30.2 Å². The minimum atomic E-state index is -0.271. The molecule has 0 bridgehead atoms. The molecule has 0 saturated heterocycles. The zero-order chi connectivity index (χ0) is 17.6. The summed E-state index contributed by atoms with van der Waals surface area (Å²) in [7, 11) is 0. The average Bonchev–Trinajstić information content (AvgIpc) is 2.79. The van der Waals surface area contributed by atoms with Gasteiger partial charge in [0.1, 0.15) is 12.3 Å². The predicted octanol–water partition coefficient (Wildman–Crippen LogP) is 1.99. The first kappa shape index (κ1) is 16.5. The Balaban J connectivity index is 1.67. The number of hydrogen-bond donors (Lipinski definition) is 1. The predicted molar refractivity (Wildman–Crippen MR) is 91.9 cm³/mol. The summed E-state index contributed by atoms with van der Waals surface area (Å²) >= 11 is 0. The van der Waals surface area contributed by atoms with Crippen molar-refractivity contribution < 1.29 is 14.3 Å². The topological polar surface area (TPSA) is 82.4 Å². The van der Waals surface area contributed by atoms with Crippen LogP contribution in [-0.2, 0) is 16.1 Å². The zero-order valence-corrected chi connectivity index (χ0v) is 13.6. The van der Waals surface area contributed by atoms with E-state index in [1.54, 1.807) is 36.4 Å². The van der Waals surface area contributed by atoms with Gasteiger partial charge < -0.3 is 10.1 Å². The fraction of sp³-hybridized carbons (Fsp3) is 0.211. The lowest BCUT2D eigenvalue weighted by Crippen LogP contribution is -2.40. The van der Waals surface area contributed by atoms with Crippen LogP contribution in [0.15, 0.2) is 48.5 Å². The van der Waals surface area contributed by atoms with Crippen LogP contribution in [0.3, 0.4) is 0 Å². The van der Waals surface area contributed by atoms with Crippen LogP contribution >= 0.6 is 0 Å². The van der Waals surface area contributed by atoms with Gasteiger partial charge in [-0.05, 0) is 29.8 Å². The Kier molecular flexibility index (Phi) is 4.95. The number of amides is 2. The van der Waals surface area contributed by atoms with Crippen molar-refractivity contribution in [1.82, 2.24) is 5.32 Å². The fourth-order valence-corrected chi connectivity index (χ4v) is 2.64. The third kappa shape index (κ3) is 3.96. The molecule has 2 amide bonds. The molecule has 126 valence electrons. The summed E-state index contributed by atoms with van der Waals surface area (Å²) in [5.74, 6) is 0.182. The summed E-state index contributed by atoms with van der Waals surface area (Å²) in [6.07, 6.45) is 0.228. The lowest BCUT2D eigenvalue weighted by Gasteiger charge is -2.21. The molecule has 1 aliphatic heterocycles. The number of ether oxygens (including phenoxy) is 1. The van der Waals surface area contributed by atoms with Crippen LogP contribution in [0.25, 0.3) is 0 Å². The van der Waals surface area contributed by atoms with Crippen LogP contribution in [-0.4, -0.2) is 25.0 Å². The second kappa shape index (κ2) is 7.49. The van der Waals surface area contributed by atoms with Gasteiger partial charge in [-0.2, -0.15) is 5.26 Å². The van der Waals surface area contributed by atoms with Gasteiger partial charge in [0.05, 0.1) is 30.3 Å². The van der Waals surface area contributed by atoms with Gasteiger partial charge in [-0.1, -0.05) is 24.3 Å². The van der Waals surface area contributed by atoms with Crippen LogP contribution < -0.4 is 15.0 Å². The first-order valence-corrected chi connectivity index (χ1v) is 7.95. The Morgan fingerprint density at radius 2 is 2.08 bits per heavy atom. The summed E-state index contributed by atoms with van der Waals surface area (Å²) in [6.45, 7) is 0.528. The van der Waals surface area contributed by atoms with E-state index in [0.717, 1.165) is 5.56 Å². The normalized spacial score (nSPS) is 13.2. The van der Waals surface area contributed by atoms with Crippen LogP contribution in [0, 0.1) is 11.3 Å². The van der Waals surface area contributed by atoms with E-state index >= 15 is 0 Å². The quantitative estimate of drug-likeness (QED) is 0.926. The first-order chi connectivity index (χ1) is 12.2. The van der Waals surface area contributed by atoms with Crippen LogP contribution in [0.4, 0.5) is 5.69 Å². The molecule has 1 N–H and O–H groups in total. The Labute approximate surface area is 145 Å². The largest absolute Gasteiger partial charge is 0.491 e. The lowest BCUT2D eigenvalue weighted by atomic mass is 10.1. The molecule has 6 heteroatoms. The van der Waals surface area contributed by atoms with Gasteiger partial charge in [0.25, 0.3) is 0 Å².